The fourth-order valence-electron chi connectivity index (χ4n) is 6.74. The third kappa shape index (κ3) is 3.59. The molecule has 0 saturated heterocycles. The predicted molar refractivity (Wildman–Crippen MR) is 171 cm³/mol. The van der Waals surface area contributed by atoms with Crippen molar-refractivity contribution in [3.8, 4) is 16.9 Å². The minimum Gasteiger partial charge on any atom is -0.309 e. The summed E-state index contributed by atoms with van der Waals surface area (Å²) >= 11 is 0. The van der Waals surface area contributed by atoms with E-state index in [0.29, 0.717) is 0 Å². The van der Waals surface area contributed by atoms with Gasteiger partial charge in [0.2, 0.25) is 5.69 Å². The van der Waals surface area contributed by atoms with E-state index < -0.39 is 0 Å². The lowest BCUT2D eigenvalue weighted by Gasteiger charge is -2.24. The van der Waals surface area contributed by atoms with Gasteiger partial charge in [0.15, 0.2) is 6.20 Å². The number of para-hydroxylation sites is 2. The third-order valence-electron chi connectivity index (χ3n) is 8.64. The highest BCUT2D eigenvalue weighted by atomic mass is 15.0. The second kappa shape index (κ2) is 8.79. The second-order valence-corrected chi connectivity index (χ2v) is 12.3. The van der Waals surface area contributed by atoms with Gasteiger partial charge in [-0.2, -0.15) is 0 Å². The molecule has 0 aliphatic rings. The molecule has 2 heteroatoms. The van der Waals surface area contributed by atoms with Crippen LogP contribution < -0.4 is 4.57 Å². The van der Waals surface area contributed by atoms with E-state index in [2.05, 4.69) is 154 Å². The Balaban J connectivity index is 1.54. The van der Waals surface area contributed by atoms with E-state index in [1.165, 1.54) is 77.0 Å². The lowest BCUT2D eigenvalue weighted by Crippen LogP contribution is -2.32. The van der Waals surface area contributed by atoms with Gasteiger partial charge in [-0.1, -0.05) is 81.4 Å². The van der Waals surface area contributed by atoms with E-state index in [4.69, 9.17) is 0 Å². The first-order chi connectivity index (χ1) is 19.2. The highest BCUT2D eigenvalue weighted by molar-refractivity contribution is 6.09. The molecule has 0 radical (unpaired) electrons. The molecule has 0 fully saturated rings. The summed E-state index contributed by atoms with van der Waals surface area (Å²) in [6.45, 7) is 11.5. The molecule has 2 nitrogen and oxygen atoms in total. The van der Waals surface area contributed by atoms with Crippen LogP contribution in [0.4, 0.5) is 0 Å². The Morgan fingerprint density at radius 2 is 1.18 bits per heavy atom. The number of fused-ring (bicyclic) bond motifs is 5. The molecule has 2 heterocycles. The summed E-state index contributed by atoms with van der Waals surface area (Å²) in [5, 5.41) is 7.83. The Bertz CT molecular complexity index is 2070. The smallest absolute Gasteiger partial charge is 0.220 e. The first-order valence-electron chi connectivity index (χ1n) is 14.2. The van der Waals surface area contributed by atoms with Crippen molar-refractivity contribution in [1.29, 1.82) is 0 Å². The van der Waals surface area contributed by atoms with Crippen LogP contribution in [0.25, 0.3) is 60.3 Å². The minimum atomic E-state index is 0.0326. The number of nitrogens with zero attached hydrogens (tertiary/aromatic N) is 2. The molecule has 0 saturated carbocycles. The van der Waals surface area contributed by atoms with Crippen LogP contribution >= 0.6 is 0 Å². The van der Waals surface area contributed by atoms with E-state index in [-0.39, 0.29) is 5.41 Å². The fraction of sp³-hybridized carbons (Fsp3) is 0.184. The first kappa shape index (κ1) is 24.6. The van der Waals surface area contributed by atoms with Crippen molar-refractivity contribution in [3.63, 3.8) is 0 Å². The van der Waals surface area contributed by atoms with Gasteiger partial charge in [0.05, 0.1) is 22.0 Å². The molecule has 40 heavy (non-hydrogen) atoms. The van der Waals surface area contributed by atoms with Crippen molar-refractivity contribution in [2.45, 2.75) is 40.0 Å². The molecule has 0 N–H and O–H groups in total. The fourth-order valence-corrected chi connectivity index (χ4v) is 6.74. The Labute approximate surface area is 236 Å². The van der Waals surface area contributed by atoms with Crippen LogP contribution in [0, 0.1) is 13.8 Å². The number of pyridine rings is 1. The molecule has 0 atom stereocenters. The lowest BCUT2D eigenvalue weighted by molar-refractivity contribution is -0.659. The van der Waals surface area contributed by atoms with Gasteiger partial charge in [0, 0.05) is 22.0 Å². The van der Waals surface area contributed by atoms with Crippen LogP contribution in [0.2, 0.25) is 0 Å². The van der Waals surface area contributed by atoms with E-state index in [9.17, 15) is 0 Å². The summed E-state index contributed by atoms with van der Waals surface area (Å²) in [5.41, 5.74) is 10.3. The minimum absolute atomic E-state index is 0.0326. The standard InChI is InChI=1S/C38H35N2/c1-24-23-39(6)37(33-22-34(38(3,4)5)28-14-8-7-13-27(28)25(33)2)31-20-19-26(21-32(24)31)40-35-17-11-9-15-29(35)30-16-10-12-18-36(30)40/h7-23H,1-6H3/q+1. The summed E-state index contributed by atoms with van der Waals surface area (Å²) in [4.78, 5) is 0. The van der Waals surface area contributed by atoms with Gasteiger partial charge >= 0.3 is 0 Å². The Morgan fingerprint density at radius 3 is 1.80 bits per heavy atom. The van der Waals surface area contributed by atoms with Gasteiger partial charge < -0.3 is 4.57 Å². The molecule has 7 rings (SSSR count). The largest absolute Gasteiger partial charge is 0.309 e. The van der Waals surface area contributed by atoms with Crippen LogP contribution in [0.1, 0.15) is 37.5 Å². The van der Waals surface area contributed by atoms with Crippen LogP contribution in [0.5, 0.6) is 0 Å². The maximum atomic E-state index is 2.45. The molecule has 2 aromatic heterocycles. The molecule has 7 aromatic rings. The number of rotatable bonds is 2. The summed E-state index contributed by atoms with van der Waals surface area (Å²) in [5.74, 6) is 0. The van der Waals surface area contributed by atoms with Gasteiger partial charge in [0.1, 0.15) is 7.05 Å². The summed E-state index contributed by atoms with van der Waals surface area (Å²) in [6.07, 6.45) is 2.29. The number of aromatic nitrogens is 2. The van der Waals surface area contributed by atoms with Crippen molar-refractivity contribution < 1.29 is 4.57 Å². The van der Waals surface area contributed by atoms with Gasteiger partial charge in [-0.15, -0.1) is 0 Å². The quantitative estimate of drug-likeness (QED) is 0.201. The molecule has 196 valence electrons. The Hall–Kier alpha value is -4.43. The lowest BCUT2D eigenvalue weighted by atomic mass is 9.80. The zero-order valence-corrected chi connectivity index (χ0v) is 24.2. The Kier molecular flexibility index (Phi) is 5.41. The summed E-state index contributed by atoms with van der Waals surface area (Å²) < 4.78 is 4.73. The van der Waals surface area contributed by atoms with Crippen LogP contribution in [-0.2, 0) is 12.5 Å². The second-order valence-electron chi connectivity index (χ2n) is 12.3. The monoisotopic (exact) mass is 519 g/mol. The summed E-state index contributed by atoms with van der Waals surface area (Å²) in [6, 6.07) is 35.8. The summed E-state index contributed by atoms with van der Waals surface area (Å²) in [7, 11) is 2.19. The van der Waals surface area contributed by atoms with Crippen molar-refractivity contribution in [3.05, 3.63) is 120 Å². The predicted octanol–water partition coefficient (Wildman–Crippen LogP) is 9.50. The normalized spacial score (nSPS) is 12.2. The zero-order valence-electron chi connectivity index (χ0n) is 24.2. The Morgan fingerprint density at radius 1 is 0.600 bits per heavy atom. The van der Waals surface area contributed by atoms with E-state index in [1.54, 1.807) is 0 Å². The van der Waals surface area contributed by atoms with Gasteiger partial charge in [0.25, 0.3) is 0 Å². The number of aryl methyl sites for hydroxylation is 3. The molecule has 0 aliphatic carbocycles. The molecule has 0 aliphatic heterocycles. The number of benzene rings is 5. The van der Waals surface area contributed by atoms with Crippen molar-refractivity contribution in [2.75, 3.05) is 0 Å². The van der Waals surface area contributed by atoms with Crippen LogP contribution in [0.3, 0.4) is 0 Å². The highest BCUT2D eigenvalue weighted by Crippen LogP contribution is 2.40. The van der Waals surface area contributed by atoms with Crippen molar-refractivity contribution in [1.82, 2.24) is 4.57 Å². The topological polar surface area (TPSA) is 8.81 Å². The molecular weight excluding hydrogens is 484 g/mol. The van der Waals surface area contributed by atoms with E-state index in [1.807, 2.05) is 0 Å². The molecule has 0 amide bonds. The molecule has 0 unspecified atom stereocenters. The molecule has 0 bridgehead atoms. The first-order valence-corrected chi connectivity index (χ1v) is 14.2. The van der Waals surface area contributed by atoms with Crippen LogP contribution in [0.15, 0.2) is 103 Å². The molecule has 5 aromatic carbocycles. The van der Waals surface area contributed by atoms with E-state index >= 15 is 0 Å². The number of hydrogen-bond acceptors (Lipinski definition) is 0. The molecule has 0 spiro atoms. The van der Waals surface area contributed by atoms with Crippen LogP contribution in [-0.4, -0.2) is 4.57 Å². The average Bonchev–Trinajstić information content (AvgIpc) is 3.28. The third-order valence-corrected chi connectivity index (χ3v) is 8.64. The highest BCUT2D eigenvalue weighted by Gasteiger charge is 2.25. The van der Waals surface area contributed by atoms with Gasteiger partial charge in [-0.25, -0.2) is 4.57 Å². The van der Waals surface area contributed by atoms with Gasteiger partial charge in [-0.3, -0.25) is 0 Å². The SMILES string of the molecule is Cc1c[n+](C)c(-c2cc(C(C)(C)C)c3ccccc3c2C)c2ccc(-n3c4ccccc4c4ccccc43)cc12. The van der Waals surface area contributed by atoms with Crippen molar-refractivity contribution in [2.24, 2.45) is 7.05 Å². The van der Waals surface area contributed by atoms with Gasteiger partial charge in [-0.05, 0) is 82.9 Å². The van der Waals surface area contributed by atoms with E-state index in [0.717, 1.165) is 0 Å². The maximum absolute atomic E-state index is 2.45. The maximum Gasteiger partial charge on any atom is 0.220 e. The average molecular weight is 520 g/mol. The number of hydrogen-bond donors (Lipinski definition) is 0. The van der Waals surface area contributed by atoms with Crippen molar-refractivity contribution >= 4 is 43.4 Å². The zero-order chi connectivity index (χ0) is 27.8. The molecular formula is C38H35N2+.